The van der Waals surface area contributed by atoms with Crippen molar-refractivity contribution in [3.05, 3.63) is 35.4 Å². The Balaban J connectivity index is 1.63. The summed E-state index contributed by atoms with van der Waals surface area (Å²) in [5, 5.41) is 6.44. The first-order chi connectivity index (χ1) is 12.1. The fourth-order valence-corrected chi connectivity index (χ4v) is 3.92. The van der Waals surface area contributed by atoms with Gasteiger partial charge in [0.15, 0.2) is 0 Å². The van der Waals surface area contributed by atoms with E-state index in [9.17, 15) is 4.79 Å². The zero-order valence-electron chi connectivity index (χ0n) is 15.3. The Morgan fingerprint density at radius 2 is 2.04 bits per heavy atom. The van der Waals surface area contributed by atoms with Crippen molar-refractivity contribution in [3.63, 3.8) is 0 Å². The van der Waals surface area contributed by atoms with Gasteiger partial charge < -0.3 is 20.1 Å². The van der Waals surface area contributed by atoms with Gasteiger partial charge in [-0.15, -0.1) is 0 Å². The highest BCUT2D eigenvalue weighted by Gasteiger charge is 2.40. The van der Waals surface area contributed by atoms with E-state index in [1.54, 1.807) is 7.11 Å². The molecule has 2 aliphatic heterocycles. The van der Waals surface area contributed by atoms with E-state index in [2.05, 4.69) is 41.8 Å². The number of amides is 1. The minimum Gasteiger partial charge on any atom is -0.373 e. The number of benzene rings is 1. The van der Waals surface area contributed by atoms with Gasteiger partial charge in [0.25, 0.3) is 5.91 Å². The van der Waals surface area contributed by atoms with E-state index in [1.165, 1.54) is 11.1 Å². The van der Waals surface area contributed by atoms with Crippen LogP contribution in [0.15, 0.2) is 24.3 Å². The first-order valence-electron chi connectivity index (χ1n) is 9.37. The van der Waals surface area contributed by atoms with Crippen molar-refractivity contribution in [2.45, 2.75) is 44.3 Å². The second-order valence-electron chi connectivity index (χ2n) is 7.26. The van der Waals surface area contributed by atoms with Crippen LogP contribution in [0.1, 0.15) is 42.9 Å². The predicted molar refractivity (Wildman–Crippen MR) is 97.4 cm³/mol. The molecular formula is C20H30N2O3. The van der Waals surface area contributed by atoms with E-state index in [4.69, 9.17) is 9.47 Å². The van der Waals surface area contributed by atoms with Crippen LogP contribution in [0.25, 0.3) is 0 Å². The number of hydrogen-bond donors (Lipinski definition) is 2. The summed E-state index contributed by atoms with van der Waals surface area (Å²) in [4.78, 5) is 12.8. The van der Waals surface area contributed by atoms with Gasteiger partial charge in [-0.3, -0.25) is 4.79 Å². The highest BCUT2D eigenvalue weighted by Crippen LogP contribution is 2.33. The monoisotopic (exact) mass is 346 g/mol. The third-order valence-electron chi connectivity index (χ3n) is 5.59. The molecule has 0 radical (unpaired) electrons. The summed E-state index contributed by atoms with van der Waals surface area (Å²) in [5.41, 5.74) is 1.77. The van der Waals surface area contributed by atoms with Crippen LogP contribution in [-0.4, -0.2) is 44.9 Å². The van der Waals surface area contributed by atoms with Gasteiger partial charge in [-0.2, -0.15) is 0 Å². The lowest BCUT2D eigenvalue weighted by atomic mass is 9.88. The Hall–Kier alpha value is -1.43. The van der Waals surface area contributed by atoms with Crippen molar-refractivity contribution < 1.29 is 14.3 Å². The zero-order chi connectivity index (χ0) is 17.7. The van der Waals surface area contributed by atoms with E-state index < -0.39 is 5.60 Å². The molecule has 3 rings (SSSR count). The minimum absolute atomic E-state index is 0.0183. The number of methoxy groups -OCH3 is 1. The molecule has 0 spiro atoms. The Bertz CT molecular complexity index is 567. The fraction of sp³-hybridized carbons (Fsp3) is 0.650. The molecule has 138 valence electrons. The topological polar surface area (TPSA) is 59.6 Å². The summed E-state index contributed by atoms with van der Waals surface area (Å²) in [6.45, 7) is 5.15. The third-order valence-corrected chi connectivity index (χ3v) is 5.59. The molecule has 5 heteroatoms. The van der Waals surface area contributed by atoms with Crippen LogP contribution in [0.4, 0.5) is 0 Å². The van der Waals surface area contributed by atoms with Gasteiger partial charge in [-0.05, 0) is 51.3 Å². The fourth-order valence-electron chi connectivity index (χ4n) is 3.92. The van der Waals surface area contributed by atoms with Crippen molar-refractivity contribution in [3.8, 4) is 0 Å². The molecule has 0 aromatic heterocycles. The van der Waals surface area contributed by atoms with Crippen LogP contribution < -0.4 is 10.6 Å². The van der Waals surface area contributed by atoms with Crippen molar-refractivity contribution in [2.24, 2.45) is 5.92 Å². The molecule has 2 unspecified atom stereocenters. The Labute approximate surface area is 150 Å². The average molecular weight is 346 g/mol. The Kier molecular flexibility index (Phi) is 6.10. The zero-order valence-corrected chi connectivity index (χ0v) is 15.3. The molecule has 25 heavy (non-hydrogen) atoms. The Morgan fingerprint density at radius 3 is 2.72 bits per heavy atom. The number of hydrogen-bond acceptors (Lipinski definition) is 4. The molecule has 2 N–H and O–H groups in total. The first-order valence-corrected chi connectivity index (χ1v) is 9.37. The quantitative estimate of drug-likeness (QED) is 0.859. The van der Waals surface area contributed by atoms with Gasteiger partial charge in [0, 0.05) is 26.2 Å². The van der Waals surface area contributed by atoms with Crippen LogP contribution >= 0.6 is 0 Å². The van der Waals surface area contributed by atoms with Gasteiger partial charge in [-0.1, -0.05) is 29.8 Å². The maximum atomic E-state index is 12.8. The molecule has 1 aromatic carbocycles. The molecule has 0 saturated carbocycles. The van der Waals surface area contributed by atoms with E-state index in [-0.39, 0.29) is 12.0 Å². The molecule has 0 bridgehead atoms. The van der Waals surface area contributed by atoms with Gasteiger partial charge in [-0.25, -0.2) is 0 Å². The maximum absolute atomic E-state index is 12.8. The van der Waals surface area contributed by atoms with Crippen LogP contribution in [0, 0.1) is 12.8 Å². The molecular weight excluding hydrogens is 316 g/mol. The van der Waals surface area contributed by atoms with Crippen LogP contribution in [-0.2, 0) is 14.3 Å². The summed E-state index contributed by atoms with van der Waals surface area (Å²) in [6.07, 6.45) is 3.61. The summed E-state index contributed by atoms with van der Waals surface area (Å²) in [7, 11) is 1.64. The molecule has 1 aromatic rings. The summed E-state index contributed by atoms with van der Waals surface area (Å²) < 4.78 is 11.7. The van der Waals surface area contributed by atoms with E-state index in [0.29, 0.717) is 12.5 Å². The maximum Gasteiger partial charge on any atom is 0.252 e. The highest BCUT2D eigenvalue weighted by molar-refractivity contribution is 5.85. The standard InChI is InChI=1S/C20H30N2O3/c1-15-5-7-16(8-6-15)18-17(4-3-13-25-18)14-22-19(23)20(24-2)9-11-21-12-10-20/h5-8,17-18,21H,3-4,9-14H2,1-2H3,(H,22,23). The number of carbonyl (C=O) groups is 1. The SMILES string of the molecule is COC1(C(=O)NCC2CCCOC2c2ccc(C)cc2)CCNCC1. The van der Waals surface area contributed by atoms with E-state index >= 15 is 0 Å². The summed E-state index contributed by atoms with van der Waals surface area (Å²) >= 11 is 0. The largest absolute Gasteiger partial charge is 0.373 e. The Morgan fingerprint density at radius 1 is 1.32 bits per heavy atom. The molecule has 2 atom stereocenters. The van der Waals surface area contributed by atoms with E-state index in [0.717, 1.165) is 45.4 Å². The van der Waals surface area contributed by atoms with Crippen molar-refractivity contribution in [1.82, 2.24) is 10.6 Å². The lowest BCUT2D eigenvalue weighted by Gasteiger charge is -2.37. The van der Waals surface area contributed by atoms with Gasteiger partial charge in [0.1, 0.15) is 5.60 Å². The number of nitrogens with one attached hydrogen (secondary N) is 2. The lowest BCUT2D eigenvalue weighted by Crippen LogP contribution is -2.55. The van der Waals surface area contributed by atoms with Gasteiger partial charge in [0.05, 0.1) is 6.10 Å². The molecule has 2 fully saturated rings. The molecule has 2 saturated heterocycles. The first kappa shape index (κ1) is 18.4. The number of rotatable bonds is 5. The summed E-state index contributed by atoms with van der Waals surface area (Å²) in [6, 6.07) is 8.53. The van der Waals surface area contributed by atoms with E-state index in [1.807, 2.05) is 0 Å². The number of aryl methyl sites for hydroxylation is 1. The van der Waals surface area contributed by atoms with Crippen LogP contribution in [0.2, 0.25) is 0 Å². The normalized spacial score (nSPS) is 26.2. The van der Waals surface area contributed by atoms with Crippen molar-refractivity contribution in [2.75, 3.05) is 33.4 Å². The smallest absolute Gasteiger partial charge is 0.252 e. The van der Waals surface area contributed by atoms with Gasteiger partial charge >= 0.3 is 0 Å². The number of piperidine rings is 1. The van der Waals surface area contributed by atoms with Crippen molar-refractivity contribution >= 4 is 5.91 Å². The van der Waals surface area contributed by atoms with Crippen molar-refractivity contribution in [1.29, 1.82) is 0 Å². The lowest BCUT2D eigenvalue weighted by molar-refractivity contribution is -0.147. The number of carbonyl (C=O) groups excluding carboxylic acids is 1. The highest BCUT2D eigenvalue weighted by atomic mass is 16.5. The minimum atomic E-state index is -0.680. The average Bonchev–Trinajstić information content (AvgIpc) is 2.67. The second-order valence-corrected chi connectivity index (χ2v) is 7.26. The molecule has 1 amide bonds. The second kappa shape index (κ2) is 8.30. The summed E-state index contributed by atoms with van der Waals surface area (Å²) in [5.74, 6) is 0.320. The molecule has 2 heterocycles. The molecule has 2 aliphatic rings. The van der Waals surface area contributed by atoms with Crippen LogP contribution in [0.5, 0.6) is 0 Å². The van der Waals surface area contributed by atoms with Crippen LogP contribution in [0.3, 0.4) is 0 Å². The molecule has 5 nitrogen and oxygen atoms in total. The van der Waals surface area contributed by atoms with Gasteiger partial charge in [0.2, 0.25) is 0 Å². The predicted octanol–water partition coefficient (Wildman–Crippen LogP) is 2.35. The molecule has 0 aliphatic carbocycles. The number of ether oxygens (including phenoxy) is 2. The third kappa shape index (κ3) is 4.22.